The Kier molecular flexibility index (Phi) is 5.52. The van der Waals surface area contributed by atoms with E-state index in [0.29, 0.717) is 24.5 Å². The van der Waals surface area contributed by atoms with Gasteiger partial charge in [0.1, 0.15) is 11.6 Å². The Balaban J connectivity index is 2.17. The van der Waals surface area contributed by atoms with Gasteiger partial charge in [0.05, 0.1) is 6.10 Å². The summed E-state index contributed by atoms with van der Waals surface area (Å²) in [5.74, 6) is 1.04. The third-order valence-electron chi connectivity index (χ3n) is 7.18. The lowest BCUT2D eigenvalue weighted by atomic mass is 9.62. The summed E-state index contributed by atoms with van der Waals surface area (Å²) in [6.07, 6.45) is 5.30. The van der Waals surface area contributed by atoms with Gasteiger partial charge in [-0.2, -0.15) is 0 Å². The highest BCUT2D eigenvalue weighted by Crippen LogP contribution is 2.56. The molecule has 2 saturated carbocycles. The molecule has 4 heteroatoms. The number of rotatable bonds is 5. The summed E-state index contributed by atoms with van der Waals surface area (Å²) in [6.45, 7) is 15.5. The quantitative estimate of drug-likeness (QED) is 0.643. The lowest BCUT2D eigenvalue weighted by Gasteiger charge is -2.47. The molecule has 0 saturated heterocycles. The van der Waals surface area contributed by atoms with Gasteiger partial charge in [-0.1, -0.05) is 27.7 Å². The van der Waals surface area contributed by atoms with E-state index < -0.39 is 8.32 Å². The van der Waals surface area contributed by atoms with Crippen molar-refractivity contribution < 1.29 is 14.0 Å². The van der Waals surface area contributed by atoms with Crippen molar-refractivity contribution in [1.29, 1.82) is 0 Å². The molecule has 2 aliphatic rings. The van der Waals surface area contributed by atoms with Crippen molar-refractivity contribution in [2.45, 2.75) is 97.4 Å². The van der Waals surface area contributed by atoms with Crippen LogP contribution in [-0.2, 0) is 14.0 Å². The molecule has 2 rings (SSSR count). The number of hydrogen-bond donors (Lipinski definition) is 0. The highest BCUT2D eigenvalue weighted by molar-refractivity contribution is 6.74. The monoisotopic (exact) mass is 352 g/mol. The minimum Gasteiger partial charge on any atom is -0.413 e. The summed E-state index contributed by atoms with van der Waals surface area (Å²) in [7, 11) is -1.81. The normalized spacial score (nSPS) is 34.3. The Morgan fingerprint density at radius 3 is 2.46 bits per heavy atom. The fourth-order valence-electron chi connectivity index (χ4n) is 4.49. The van der Waals surface area contributed by atoms with Crippen LogP contribution in [0.15, 0.2) is 0 Å². The number of carbonyl (C=O) groups excluding carboxylic acids is 2. The zero-order valence-electron chi connectivity index (χ0n) is 16.7. The van der Waals surface area contributed by atoms with E-state index in [4.69, 9.17) is 4.43 Å². The standard InChI is InChI=1S/C20H36O3Si/c1-14(21)8-9-15-16-10-11-18(20(16,5)13-12-17(15)22)23-24(6,7)19(2,3)4/h15-16,18H,8-13H2,1-7H3/t15?,16-,18-,20-/m0/s1. The molecule has 138 valence electrons. The SMILES string of the molecule is CC(=O)CCC1C(=O)CC[C@]2(C)[C@@H](O[Si](C)(C)C(C)(C)C)CC[C@@H]12. The van der Waals surface area contributed by atoms with E-state index in [2.05, 4.69) is 40.8 Å². The molecule has 24 heavy (non-hydrogen) atoms. The molecule has 2 fully saturated rings. The minimum absolute atomic E-state index is 0.0701. The average Bonchev–Trinajstić information content (AvgIpc) is 2.74. The minimum atomic E-state index is -1.81. The van der Waals surface area contributed by atoms with Gasteiger partial charge in [0.2, 0.25) is 0 Å². The molecule has 0 aromatic heterocycles. The van der Waals surface area contributed by atoms with Crippen molar-refractivity contribution >= 4 is 19.9 Å². The highest BCUT2D eigenvalue weighted by atomic mass is 28.4. The van der Waals surface area contributed by atoms with Gasteiger partial charge in [-0.05, 0) is 62.1 Å². The van der Waals surface area contributed by atoms with Crippen LogP contribution in [0.5, 0.6) is 0 Å². The largest absolute Gasteiger partial charge is 0.413 e. The summed E-state index contributed by atoms with van der Waals surface area (Å²) in [4.78, 5) is 23.9. The maximum Gasteiger partial charge on any atom is 0.192 e. The first-order chi connectivity index (χ1) is 10.9. The maximum absolute atomic E-state index is 12.5. The Labute approximate surface area is 149 Å². The van der Waals surface area contributed by atoms with Gasteiger partial charge in [-0.3, -0.25) is 4.79 Å². The summed E-state index contributed by atoms with van der Waals surface area (Å²) in [5, 5.41) is 0.208. The molecule has 0 N–H and O–H groups in total. The molecule has 0 spiro atoms. The Morgan fingerprint density at radius 2 is 1.92 bits per heavy atom. The van der Waals surface area contributed by atoms with Crippen molar-refractivity contribution in [2.75, 3.05) is 0 Å². The molecule has 0 aromatic carbocycles. The van der Waals surface area contributed by atoms with Crippen LogP contribution in [0.2, 0.25) is 18.1 Å². The first-order valence-electron chi connectivity index (χ1n) is 9.58. The predicted octanol–water partition coefficient (Wildman–Crippen LogP) is 5.14. The average molecular weight is 353 g/mol. The predicted molar refractivity (Wildman–Crippen MR) is 101 cm³/mol. The van der Waals surface area contributed by atoms with Gasteiger partial charge >= 0.3 is 0 Å². The van der Waals surface area contributed by atoms with E-state index in [0.717, 1.165) is 25.7 Å². The molecular weight excluding hydrogens is 316 g/mol. The number of Topliss-reactive ketones (excluding diaryl/α,β-unsaturated/α-hetero) is 2. The summed E-state index contributed by atoms with van der Waals surface area (Å²) in [6, 6.07) is 0. The first kappa shape index (κ1) is 19.8. The molecular formula is C20H36O3Si. The molecule has 3 nitrogen and oxygen atoms in total. The van der Waals surface area contributed by atoms with Gasteiger partial charge in [0, 0.05) is 18.8 Å². The van der Waals surface area contributed by atoms with Crippen LogP contribution in [0, 0.1) is 17.3 Å². The zero-order valence-corrected chi connectivity index (χ0v) is 17.7. The zero-order chi connectivity index (χ0) is 18.3. The molecule has 0 heterocycles. The number of fused-ring (bicyclic) bond motifs is 1. The number of carbonyl (C=O) groups is 2. The van der Waals surface area contributed by atoms with Crippen LogP contribution in [0.25, 0.3) is 0 Å². The van der Waals surface area contributed by atoms with Gasteiger partial charge in [-0.25, -0.2) is 0 Å². The Bertz CT molecular complexity index is 506. The first-order valence-corrected chi connectivity index (χ1v) is 12.5. The highest BCUT2D eigenvalue weighted by Gasteiger charge is 2.55. The fourth-order valence-corrected chi connectivity index (χ4v) is 5.94. The van der Waals surface area contributed by atoms with Crippen LogP contribution in [0.4, 0.5) is 0 Å². The van der Waals surface area contributed by atoms with Crippen molar-refractivity contribution in [1.82, 2.24) is 0 Å². The molecule has 0 radical (unpaired) electrons. The van der Waals surface area contributed by atoms with Crippen molar-refractivity contribution in [3.8, 4) is 0 Å². The fraction of sp³-hybridized carbons (Fsp3) is 0.900. The summed E-state index contributed by atoms with van der Waals surface area (Å²) >= 11 is 0. The van der Waals surface area contributed by atoms with E-state index >= 15 is 0 Å². The van der Waals surface area contributed by atoms with Gasteiger partial charge in [-0.15, -0.1) is 0 Å². The number of hydrogen-bond acceptors (Lipinski definition) is 3. The van der Waals surface area contributed by atoms with E-state index in [-0.39, 0.29) is 28.3 Å². The Hall–Kier alpha value is -0.483. The van der Waals surface area contributed by atoms with Crippen molar-refractivity contribution in [3.63, 3.8) is 0 Å². The number of ketones is 2. The second kappa shape index (κ2) is 6.68. The Morgan fingerprint density at radius 1 is 1.29 bits per heavy atom. The summed E-state index contributed by atoms with van der Waals surface area (Å²) < 4.78 is 6.81. The lowest BCUT2D eigenvalue weighted by molar-refractivity contribution is -0.133. The molecule has 1 unspecified atom stereocenters. The van der Waals surface area contributed by atoms with Crippen LogP contribution in [0.1, 0.15) is 73.1 Å². The molecule has 0 aromatic rings. The van der Waals surface area contributed by atoms with Crippen LogP contribution in [-0.4, -0.2) is 26.0 Å². The molecule has 0 bridgehead atoms. The van der Waals surface area contributed by atoms with Crippen molar-refractivity contribution in [3.05, 3.63) is 0 Å². The van der Waals surface area contributed by atoms with Gasteiger partial charge in [0.15, 0.2) is 8.32 Å². The lowest BCUT2D eigenvalue weighted by Crippen LogP contribution is -2.50. The molecule has 0 amide bonds. The smallest absolute Gasteiger partial charge is 0.192 e. The van der Waals surface area contributed by atoms with Gasteiger partial charge < -0.3 is 9.22 Å². The van der Waals surface area contributed by atoms with Gasteiger partial charge in [0.25, 0.3) is 0 Å². The second-order valence-corrected chi connectivity index (χ2v) is 14.6. The van der Waals surface area contributed by atoms with E-state index in [9.17, 15) is 9.59 Å². The van der Waals surface area contributed by atoms with E-state index in [1.54, 1.807) is 6.92 Å². The van der Waals surface area contributed by atoms with Crippen LogP contribution >= 0.6 is 0 Å². The summed E-state index contributed by atoms with van der Waals surface area (Å²) in [5.41, 5.74) is 0.102. The van der Waals surface area contributed by atoms with Crippen LogP contribution in [0.3, 0.4) is 0 Å². The maximum atomic E-state index is 12.5. The molecule has 0 aliphatic heterocycles. The second-order valence-electron chi connectivity index (χ2n) is 9.87. The third-order valence-corrected chi connectivity index (χ3v) is 11.7. The van der Waals surface area contributed by atoms with Crippen molar-refractivity contribution in [2.24, 2.45) is 17.3 Å². The topological polar surface area (TPSA) is 43.4 Å². The van der Waals surface area contributed by atoms with Crippen LogP contribution < -0.4 is 0 Å². The third kappa shape index (κ3) is 3.69. The van der Waals surface area contributed by atoms with E-state index in [1.165, 1.54) is 0 Å². The molecule has 2 aliphatic carbocycles. The molecule has 4 atom stereocenters. The van der Waals surface area contributed by atoms with E-state index in [1.807, 2.05) is 0 Å².